The number of amides is 1. The van der Waals surface area contributed by atoms with E-state index in [0.29, 0.717) is 36.6 Å². The van der Waals surface area contributed by atoms with Crippen LogP contribution in [0.1, 0.15) is 33.5 Å². The number of carbonyl (C=O) groups is 1. The van der Waals surface area contributed by atoms with Gasteiger partial charge in [-0.3, -0.25) is 4.79 Å². The van der Waals surface area contributed by atoms with E-state index in [1.54, 1.807) is 19.9 Å². The van der Waals surface area contributed by atoms with Crippen LogP contribution in [0.2, 0.25) is 0 Å². The number of anilines is 1. The summed E-state index contributed by atoms with van der Waals surface area (Å²) < 4.78 is 5.36. The van der Waals surface area contributed by atoms with E-state index in [1.807, 2.05) is 6.92 Å². The van der Waals surface area contributed by atoms with E-state index in [0.717, 1.165) is 0 Å². The lowest BCUT2D eigenvalue weighted by atomic mass is 10.2. The molecule has 0 spiro atoms. The molecule has 0 aliphatic carbocycles. The summed E-state index contributed by atoms with van der Waals surface area (Å²) in [6, 6.07) is 1.33. The van der Waals surface area contributed by atoms with Crippen LogP contribution in [-0.4, -0.2) is 35.1 Å². The van der Waals surface area contributed by atoms with E-state index in [1.165, 1.54) is 0 Å². The number of aromatic nitrogens is 2. The van der Waals surface area contributed by atoms with Gasteiger partial charge in [0.05, 0.1) is 6.61 Å². The molecule has 0 fully saturated rings. The second-order valence-corrected chi connectivity index (χ2v) is 5.08. The predicted octanol–water partition coefficient (Wildman–Crippen LogP) is 1.76. The molecule has 20 heavy (non-hydrogen) atoms. The largest absolute Gasteiger partial charge is 0.478 e. The van der Waals surface area contributed by atoms with E-state index in [-0.39, 0.29) is 11.9 Å². The number of aryl methyl sites for hydroxylation is 1. The molecule has 6 nitrogen and oxygen atoms in total. The minimum atomic E-state index is -0.363. The summed E-state index contributed by atoms with van der Waals surface area (Å²) in [6.45, 7) is 10.8. The van der Waals surface area contributed by atoms with Crippen molar-refractivity contribution < 1.29 is 9.53 Å². The Morgan fingerprint density at radius 1 is 1.35 bits per heavy atom. The molecule has 0 aromatic carbocycles. The van der Waals surface area contributed by atoms with Gasteiger partial charge in [-0.1, -0.05) is 13.8 Å². The molecule has 0 radical (unpaired) electrons. The Kier molecular flexibility index (Phi) is 6.21. The summed E-state index contributed by atoms with van der Waals surface area (Å²) in [7, 11) is 0. The Labute approximate surface area is 120 Å². The van der Waals surface area contributed by atoms with Gasteiger partial charge in [0.25, 0.3) is 0 Å². The van der Waals surface area contributed by atoms with E-state index < -0.39 is 0 Å². The molecule has 0 aliphatic heterocycles. The molecule has 1 rings (SSSR count). The van der Waals surface area contributed by atoms with Crippen molar-refractivity contribution in [2.24, 2.45) is 5.92 Å². The Hall–Kier alpha value is -1.85. The molecule has 0 bridgehead atoms. The lowest BCUT2D eigenvalue weighted by Gasteiger charge is -2.16. The molecule has 6 heteroatoms. The molecule has 1 heterocycles. The number of nitrogens with one attached hydrogen (secondary N) is 2. The SMILES string of the molecule is CCOc1cc(NC(C)C(=O)NCC(C)C)nc(C)n1. The molecule has 1 aromatic rings. The van der Waals surface area contributed by atoms with Crippen molar-refractivity contribution in [2.75, 3.05) is 18.5 Å². The maximum absolute atomic E-state index is 11.9. The van der Waals surface area contributed by atoms with Gasteiger partial charge in [0.1, 0.15) is 17.7 Å². The first-order valence-electron chi connectivity index (χ1n) is 6.95. The van der Waals surface area contributed by atoms with Crippen LogP contribution in [0.15, 0.2) is 6.07 Å². The van der Waals surface area contributed by atoms with Gasteiger partial charge in [-0.05, 0) is 26.7 Å². The first-order chi connectivity index (χ1) is 9.42. The van der Waals surface area contributed by atoms with Crippen LogP contribution in [-0.2, 0) is 4.79 Å². The van der Waals surface area contributed by atoms with Crippen molar-refractivity contribution in [3.05, 3.63) is 11.9 Å². The van der Waals surface area contributed by atoms with Gasteiger partial charge >= 0.3 is 0 Å². The van der Waals surface area contributed by atoms with E-state index in [2.05, 4.69) is 34.4 Å². The minimum absolute atomic E-state index is 0.0482. The van der Waals surface area contributed by atoms with Gasteiger partial charge in [-0.25, -0.2) is 4.98 Å². The van der Waals surface area contributed by atoms with E-state index in [4.69, 9.17) is 4.74 Å². The minimum Gasteiger partial charge on any atom is -0.478 e. The Morgan fingerprint density at radius 2 is 2.05 bits per heavy atom. The maximum atomic E-state index is 11.9. The second kappa shape index (κ2) is 7.67. The summed E-state index contributed by atoms with van der Waals surface area (Å²) >= 11 is 0. The molecule has 1 aromatic heterocycles. The van der Waals surface area contributed by atoms with Gasteiger partial charge in [-0.15, -0.1) is 0 Å². The fourth-order valence-electron chi connectivity index (χ4n) is 1.58. The smallest absolute Gasteiger partial charge is 0.242 e. The second-order valence-electron chi connectivity index (χ2n) is 5.08. The lowest BCUT2D eigenvalue weighted by molar-refractivity contribution is -0.121. The lowest BCUT2D eigenvalue weighted by Crippen LogP contribution is -2.39. The first-order valence-corrected chi connectivity index (χ1v) is 6.95. The third kappa shape index (κ3) is 5.42. The zero-order chi connectivity index (χ0) is 15.1. The number of hydrogen-bond donors (Lipinski definition) is 2. The molecule has 112 valence electrons. The van der Waals surface area contributed by atoms with Gasteiger partial charge < -0.3 is 15.4 Å². The molecular formula is C14H24N4O2. The highest BCUT2D eigenvalue weighted by Gasteiger charge is 2.14. The normalized spacial score (nSPS) is 12.1. The zero-order valence-corrected chi connectivity index (χ0v) is 12.9. The Bertz CT molecular complexity index is 449. The average Bonchev–Trinajstić information content (AvgIpc) is 2.35. The van der Waals surface area contributed by atoms with Crippen molar-refractivity contribution in [1.29, 1.82) is 0 Å². The Balaban J connectivity index is 2.65. The molecule has 1 unspecified atom stereocenters. The number of nitrogens with zero attached hydrogens (tertiary/aromatic N) is 2. The topological polar surface area (TPSA) is 76.1 Å². The van der Waals surface area contributed by atoms with Gasteiger partial charge in [0.15, 0.2) is 0 Å². The molecule has 0 saturated heterocycles. The van der Waals surface area contributed by atoms with Crippen LogP contribution in [0.4, 0.5) is 5.82 Å². The highest BCUT2D eigenvalue weighted by molar-refractivity contribution is 5.83. The average molecular weight is 280 g/mol. The van der Waals surface area contributed by atoms with Gasteiger partial charge in [0, 0.05) is 12.6 Å². The predicted molar refractivity (Wildman–Crippen MR) is 78.9 cm³/mol. The molecule has 1 amide bonds. The van der Waals surface area contributed by atoms with Crippen LogP contribution in [0.3, 0.4) is 0 Å². The highest BCUT2D eigenvalue weighted by Crippen LogP contribution is 2.14. The zero-order valence-electron chi connectivity index (χ0n) is 12.9. The van der Waals surface area contributed by atoms with Crippen LogP contribution >= 0.6 is 0 Å². The molecule has 0 aliphatic rings. The first kappa shape index (κ1) is 16.2. The Morgan fingerprint density at radius 3 is 2.65 bits per heavy atom. The molecule has 0 saturated carbocycles. The summed E-state index contributed by atoms with van der Waals surface area (Å²) in [5.41, 5.74) is 0. The summed E-state index contributed by atoms with van der Waals surface area (Å²) in [5, 5.41) is 5.94. The number of hydrogen-bond acceptors (Lipinski definition) is 5. The van der Waals surface area contributed by atoms with Crippen molar-refractivity contribution >= 4 is 11.7 Å². The molecule has 1 atom stereocenters. The fourth-order valence-corrected chi connectivity index (χ4v) is 1.58. The number of carbonyl (C=O) groups excluding carboxylic acids is 1. The number of ether oxygens (including phenoxy) is 1. The van der Waals surface area contributed by atoms with Gasteiger partial charge in [-0.2, -0.15) is 4.98 Å². The summed E-state index contributed by atoms with van der Waals surface area (Å²) in [6.07, 6.45) is 0. The summed E-state index contributed by atoms with van der Waals surface area (Å²) in [4.78, 5) is 20.3. The standard InChI is InChI=1S/C14H24N4O2/c1-6-20-13-7-12(17-11(5)18-13)16-10(4)14(19)15-8-9(2)3/h7,9-10H,6,8H2,1-5H3,(H,15,19)(H,16,17,18). The van der Waals surface area contributed by atoms with Crippen LogP contribution in [0.25, 0.3) is 0 Å². The van der Waals surface area contributed by atoms with Gasteiger partial charge in [0.2, 0.25) is 11.8 Å². The highest BCUT2D eigenvalue weighted by atomic mass is 16.5. The fraction of sp³-hybridized carbons (Fsp3) is 0.643. The van der Waals surface area contributed by atoms with Crippen molar-refractivity contribution in [2.45, 2.75) is 40.7 Å². The quantitative estimate of drug-likeness (QED) is 0.796. The molecular weight excluding hydrogens is 256 g/mol. The third-order valence-corrected chi connectivity index (χ3v) is 2.55. The molecule has 2 N–H and O–H groups in total. The summed E-state index contributed by atoms with van der Waals surface area (Å²) in [5.74, 6) is 2.09. The van der Waals surface area contributed by atoms with E-state index >= 15 is 0 Å². The van der Waals surface area contributed by atoms with Crippen molar-refractivity contribution in [3.8, 4) is 5.88 Å². The van der Waals surface area contributed by atoms with Crippen molar-refractivity contribution in [1.82, 2.24) is 15.3 Å². The monoisotopic (exact) mass is 280 g/mol. The van der Waals surface area contributed by atoms with Crippen LogP contribution in [0.5, 0.6) is 5.88 Å². The maximum Gasteiger partial charge on any atom is 0.242 e. The van der Waals surface area contributed by atoms with E-state index in [9.17, 15) is 4.79 Å². The number of rotatable bonds is 7. The third-order valence-electron chi connectivity index (χ3n) is 2.55. The van der Waals surface area contributed by atoms with Crippen LogP contribution < -0.4 is 15.4 Å². The van der Waals surface area contributed by atoms with Crippen molar-refractivity contribution in [3.63, 3.8) is 0 Å². The van der Waals surface area contributed by atoms with Crippen LogP contribution in [0, 0.1) is 12.8 Å².